The van der Waals surface area contributed by atoms with Gasteiger partial charge in [-0.2, -0.15) is 4.98 Å². The van der Waals surface area contributed by atoms with Crippen LogP contribution in [0.25, 0.3) is 10.3 Å². The number of fused-ring (bicyclic) bond motifs is 1. The highest BCUT2D eigenvalue weighted by Gasteiger charge is 2.47. The molecule has 28 heavy (non-hydrogen) atoms. The SMILES string of the molecule is CC(C)(C)[Si](C)(C)OC[C@H]1O[C@@H](n2c(=O)sc3c(=O)[nH]c(N)nc32)[C@H](O)[C@@H]1O. The third kappa shape index (κ3) is 3.55. The van der Waals surface area contributed by atoms with Crippen molar-refractivity contribution in [2.75, 3.05) is 12.3 Å². The van der Waals surface area contributed by atoms with Crippen molar-refractivity contribution < 1.29 is 19.4 Å². The van der Waals surface area contributed by atoms with E-state index in [1.807, 2.05) is 0 Å². The molecule has 0 amide bonds. The Morgan fingerprint density at radius 2 is 1.96 bits per heavy atom. The van der Waals surface area contributed by atoms with Gasteiger partial charge >= 0.3 is 4.87 Å². The zero-order chi connectivity index (χ0) is 21.0. The van der Waals surface area contributed by atoms with Crippen molar-refractivity contribution in [3.63, 3.8) is 0 Å². The lowest BCUT2D eigenvalue weighted by Crippen LogP contribution is -2.44. The van der Waals surface area contributed by atoms with Crippen molar-refractivity contribution in [2.24, 2.45) is 0 Å². The largest absolute Gasteiger partial charge is 0.414 e. The van der Waals surface area contributed by atoms with E-state index >= 15 is 0 Å². The monoisotopic (exact) mass is 430 g/mol. The predicted molar refractivity (Wildman–Crippen MR) is 108 cm³/mol. The normalized spacial score (nSPS) is 26.2. The first-order valence-corrected chi connectivity index (χ1v) is 12.6. The number of hydrogen-bond acceptors (Lipinski definition) is 9. The van der Waals surface area contributed by atoms with Gasteiger partial charge in [0.05, 0.1) is 6.61 Å². The molecule has 12 heteroatoms. The molecule has 10 nitrogen and oxygen atoms in total. The van der Waals surface area contributed by atoms with Crippen LogP contribution in [0.3, 0.4) is 0 Å². The molecule has 0 aliphatic carbocycles. The maximum Gasteiger partial charge on any atom is 0.311 e. The molecule has 1 fully saturated rings. The van der Waals surface area contributed by atoms with E-state index in [-0.39, 0.29) is 27.9 Å². The fourth-order valence-electron chi connectivity index (χ4n) is 2.76. The minimum Gasteiger partial charge on any atom is -0.414 e. The second-order valence-corrected chi connectivity index (χ2v) is 14.2. The minimum atomic E-state index is -2.10. The van der Waals surface area contributed by atoms with E-state index in [0.717, 1.165) is 4.57 Å². The van der Waals surface area contributed by atoms with E-state index < -0.39 is 43.3 Å². The lowest BCUT2D eigenvalue weighted by atomic mass is 10.1. The van der Waals surface area contributed by atoms with Crippen LogP contribution in [0.4, 0.5) is 5.95 Å². The number of ether oxygens (including phenoxy) is 1. The van der Waals surface area contributed by atoms with Gasteiger partial charge in [-0.1, -0.05) is 32.1 Å². The van der Waals surface area contributed by atoms with Crippen molar-refractivity contribution in [3.8, 4) is 0 Å². The number of aliphatic hydroxyl groups excluding tert-OH is 2. The van der Waals surface area contributed by atoms with Gasteiger partial charge in [0.15, 0.2) is 20.2 Å². The summed E-state index contributed by atoms with van der Waals surface area (Å²) in [6.45, 7) is 10.5. The number of thiazole rings is 1. The van der Waals surface area contributed by atoms with Crippen LogP contribution in [0.5, 0.6) is 0 Å². The van der Waals surface area contributed by atoms with Crippen LogP contribution in [-0.4, -0.2) is 58.0 Å². The Hall–Kier alpha value is -1.57. The van der Waals surface area contributed by atoms with Crippen LogP contribution >= 0.6 is 11.3 Å². The van der Waals surface area contributed by atoms with Gasteiger partial charge in [0, 0.05) is 0 Å². The molecule has 0 bridgehead atoms. The molecular formula is C16H26N4O6SSi. The number of aromatic amines is 1. The van der Waals surface area contributed by atoms with Crippen LogP contribution in [0, 0.1) is 0 Å². The molecule has 5 N–H and O–H groups in total. The van der Waals surface area contributed by atoms with Crippen LogP contribution in [0.2, 0.25) is 18.1 Å². The summed E-state index contributed by atoms with van der Waals surface area (Å²) in [5.41, 5.74) is 5.05. The average molecular weight is 431 g/mol. The molecule has 0 saturated carbocycles. The maximum absolute atomic E-state index is 12.4. The first kappa shape index (κ1) is 21.1. The Kier molecular flexibility index (Phi) is 5.32. The number of anilines is 1. The van der Waals surface area contributed by atoms with E-state index in [1.54, 1.807) is 0 Å². The van der Waals surface area contributed by atoms with Gasteiger partial charge in [0.2, 0.25) is 5.95 Å². The van der Waals surface area contributed by atoms with Crippen LogP contribution < -0.4 is 16.2 Å². The van der Waals surface area contributed by atoms with Gasteiger partial charge in [0.1, 0.15) is 23.0 Å². The molecular weight excluding hydrogens is 404 g/mol. The topological polar surface area (TPSA) is 153 Å². The minimum absolute atomic E-state index is 0.0125. The number of H-pyrrole nitrogens is 1. The third-order valence-electron chi connectivity index (χ3n) is 5.50. The van der Waals surface area contributed by atoms with Crippen molar-refractivity contribution in [2.45, 2.75) is 63.4 Å². The highest BCUT2D eigenvalue weighted by Crippen LogP contribution is 2.38. The summed E-state index contributed by atoms with van der Waals surface area (Å²) in [5.74, 6) is -0.158. The molecule has 1 aliphatic heterocycles. The number of aliphatic hydroxyl groups is 2. The van der Waals surface area contributed by atoms with Gasteiger partial charge in [-0.3, -0.25) is 19.1 Å². The fraction of sp³-hybridized carbons (Fsp3) is 0.688. The maximum atomic E-state index is 12.4. The zero-order valence-corrected chi connectivity index (χ0v) is 18.2. The lowest BCUT2D eigenvalue weighted by molar-refractivity contribution is -0.0498. The Morgan fingerprint density at radius 1 is 1.32 bits per heavy atom. The van der Waals surface area contributed by atoms with E-state index in [4.69, 9.17) is 14.9 Å². The second kappa shape index (κ2) is 7.04. The smallest absolute Gasteiger partial charge is 0.311 e. The molecule has 2 aromatic rings. The van der Waals surface area contributed by atoms with Crippen molar-refractivity contribution in [1.82, 2.24) is 14.5 Å². The first-order chi connectivity index (χ1) is 12.8. The van der Waals surface area contributed by atoms with E-state index in [2.05, 4.69) is 43.8 Å². The Morgan fingerprint density at radius 3 is 2.57 bits per heavy atom. The molecule has 3 rings (SSSR count). The molecule has 1 saturated heterocycles. The summed E-state index contributed by atoms with van der Waals surface area (Å²) in [6, 6.07) is 0. The quantitative estimate of drug-likeness (QED) is 0.508. The molecule has 3 heterocycles. The summed E-state index contributed by atoms with van der Waals surface area (Å²) in [4.78, 5) is 30.2. The molecule has 4 atom stereocenters. The highest BCUT2D eigenvalue weighted by atomic mass is 32.1. The van der Waals surface area contributed by atoms with Crippen LogP contribution in [0.1, 0.15) is 27.0 Å². The van der Waals surface area contributed by atoms with Crippen molar-refractivity contribution in [3.05, 3.63) is 20.0 Å². The Labute approximate surface area is 166 Å². The lowest BCUT2D eigenvalue weighted by Gasteiger charge is -2.37. The summed E-state index contributed by atoms with van der Waals surface area (Å²) < 4.78 is 13.0. The fourth-order valence-corrected chi connectivity index (χ4v) is 4.61. The third-order valence-corrected chi connectivity index (χ3v) is 10.9. The van der Waals surface area contributed by atoms with Gasteiger partial charge in [0.25, 0.3) is 5.56 Å². The number of hydrogen-bond donors (Lipinski definition) is 4. The summed E-state index contributed by atoms with van der Waals surface area (Å²) in [6.07, 6.45) is -4.66. The van der Waals surface area contributed by atoms with Crippen molar-refractivity contribution in [1.29, 1.82) is 0 Å². The number of nitrogens with one attached hydrogen (secondary N) is 1. The van der Waals surface area contributed by atoms with E-state index in [9.17, 15) is 19.8 Å². The average Bonchev–Trinajstić information content (AvgIpc) is 3.02. The molecule has 0 radical (unpaired) electrons. The number of nitrogen functional groups attached to an aromatic ring is 1. The molecule has 1 aliphatic rings. The molecule has 2 aromatic heterocycles. The summed E-state index contributed by atoms with van der Waals surface area (Å²) >= 11 is 0.675. The number of nitrogens with zero attached hydrogens (tertiary/aromatic N) is 2. The first-order valence-electron chi connectivity index (χ1n) is 8.90. The highest BCUT2D eigenvalue weighted by molar-refractivity contribution is 7.16. The molecule has 0 spiro atoms. The molecule has 0 aromatic carbocycles. The second-order valence-electron chi connectivity index (χ2n) is 8.46. The van der Waals surface area contributed by atoms with Gasteiger partial charge in [-0.15, -0.1) is 0 Å². The zero-order valence-electron chi connectivity index (χ0n) is 16.4. The van der Waals surface area contributed by atoms with Crippen molar-refractivity contribution >= 4 is 35.9 Å². The Bertz CT molecular complexity index is 994. The number of nitrogens with two attached hydrogens (primary N) is 1. The van der Waals surface area contributed by atoms with Crippen LogP contribution in [0.15, 0.2) is 9.59 Å². The van der Waals surface area contributed by atoms with E-state index in [1.165, 1.54) is 0 Å². The van der Waals surface area contributed by atoms with E-state index in [0.29, 0.717) is 11.3 Å². The van der Waals surface area contributed by atoms with Gasteiger partial charge in [-0.25, -0.2) is 0 Å². The van der Waals surface area contributed by atoms with Gasteiger partial charge in [-0.05, 0) is 18.1 Å². The summed E-state index contributed by atoms with van der Waals surface area (Å²) in [7, 11) is -2.10. The molecule has 0 unspecified atom stereocenters. The Balaban J connectivity index is 1.90. The predicted octanol–water partition coefficient (Wildman–Crippen LogP) is 0.369. The number of rotatable bonds is 4. The van der Waals surface area contributed by atoms with Gasteiger partial charge < -0.3 is 25.1 Å². The number of aromatic nitrogens is 3. The standard InChI is InChI=1S/C16H26N4O6SSi/c1-16(2,3)28(4,5)25-6-7-8(21)9(22)13(26-7)20-11-10(27-15(20)24)12(23)19-14(17)18-11/h7-9,13,21-22H,6H2,1-5H3,(H3,17,18,19,23)/t7-,8-,9-,13-/m1/s1. The van der Waals surface area contributed by atoms with Crippen LogP contribution in [-0.2, 0) is 9.16 Å². The summed E-state index contributed by atoms with van der Waals surface area (Å²) in [5, 5.41) is 20.9. The molecule has 156 valence electrons.